The van der Waals surface area contributed by atoms with Gasteiger partial charge in [0.05, 0.1) is 12.0 Å². The van der Waals surface area contributed by atoms with Crippen LogP contribution in [0.1, 0.15) is 19.3 Å². The van der Waals surface area contributed by atoms with E-state index in [1.165, 1.54) is 0 Å². The number of likely N-dealkylation sites (tertiary alicyclic amines) is 1. The van der Waals surface area contributed by atoms with Crippen LogP contribution in [0.25, 0.3) is 0 Å². The molecule has 2 heterocycles. The van der Waals surface area contributed by atoms with Gasteiger partial charge in [0.2, 0.25) is 0 Å². The average molecular weight is 300 g/mol. The number of nitrogens with zero attached hydrogens (tertiary/aromatic N) is 1. The molecule has 0 aliphatic carbocycles. The Hall–Kier alpha value is -1.34. The highest BCUT2D eigenvalue weighted by atomic mass is 16.5. The molecule has 0 radical (unpaired) electrons. The molecule has 2 aliphatic rings. The number of hydrogen-bond donors (Lipinski definition) is 2. The molecule has 7 nitrogen and oxygen atoms in total. The van der Waals surface area contributed by atoms with E-state index in [-0.39, 0.29) is 12.6 Å². The maximum Gasteiger partial charge on any atom is 0.317 e. The smallest absolute Gasteiger partial charge is 0.317 e. The largest absolute Gasteiger partial charge is 0.481 e. The molecule has 1 unspecified atom stereocenters. The van der Waals surface area contributed by atoms with Crippen LogP contribution in [0.4, 0.5) is 4.79 Å². The highest BCUT2D eigenvalue weighted by molar-refractivity contribution is 5.78. The predicted molar refractivity (Wildman–Crippen MR) is 75.1 cm³/mol. The number of methoxy groups -OCH3 is 1. The van der Waals surface area contributed by atoms with Gasteiger partial charge in [0.1, 0.15) is 0 Å². The molecule has 0 saturated carbocycles. The fourth-order valence-corrected chi connectivity index (χ4v) is 2.97. The van der Waals surface area contributed by atoms with E-state index in [0.29, 0.717) is 51.7 Å². The van der Waals surface area contributed by atoms with Crippen LogP contribution in [0.5, 0.6) is 0 Å². The lowest BCUT2D eigenvalue weighted by molar-refractivity contribution is -0.154. The monoisotopic (exact) mass is 300 g/mol. The van der Waals surface area contributed by atoms with Gasteiger partial charge in [0.25, 0.3) is 0 Å². The van der Waals surface area contributed by atoms with Gasteiger partial charge in [-0.25, -0.2) is 4.79 Å². The molecule has 0 spiro atoms. The summed E-state index contributed by atoms with van der Waals surface area (Å²) in [6.07, 6.45) is 1.81. The minimum atomic E-state index is -0.889. The highest BCUT2D eigenvalue weighted by Gasteiger charge is 2.41. The Morgan fingerprint density at radius 3 is 2.76 bits per heavy atom. The van der Waals surface area contributed by atoms with Crippen LogP contribution < -0.4 is 5.32 Å². The second kappa shape index (κ2) is 7.09. The minimum Gasteiger partial charge on any atom is -0.481 e. The molecule has 21 heavy (non-hydrogen) atoms. The molecule has 0 bridgehead atoms. The minimum absolute atomic E-state index is 0.163. The van der Waals surface area contributed by atoms with Gasteiger partial charge >= 0.3 is 12.0 Å². The third-order valence-corrected chi connectivity index (χ3v) is 4.46. The lowest BCUT2D eigenvalue weighted by atomic mass is 9.80. The summed E-state index contributed by atoms with van der Waals surface area (Å²) in [5.74, 6) is -0.484. The first-order chi connectivity index (χ1) is 10.1. The van der Waals surface area contributed by atoms with Crippen LogP contribution in [-0.4, -0.2) is 68.6 Å². The number of carbonyl (C=O) groups is 2. The summed E-state index contributed by atoms with van der Waals surface area (Å²) in [6, 6.07) is -0.180. The van der Waals surface area contributed by atoms with Crippen LogP contribution in [0.15, 0.2) is 0 Å². The summed E-state index contributed by atoms with van der Waals surface area (Å²) in [5, 5.41) is 12.2. The third kappa shape index (κ3) is 3.85. The maximum atomic E-state index is 12.2. The zero-order chi connectivity index (χ0) is 15.3. The normalized spacial score (nSPS) is 24.8. The second-order valence-corrected chi connectivity index (χ2v) is 5.91. The van der Waals surface area contributed by atoms with E-state index in [0.717, 1.165) is 6.42 Å². The number of carboxylic acids is 1. The molecular weight excluding hydrogens is 276 g/mol. The SMILES string of the molecule is COCC1CCN(C(=O)NCC2(C(=O)O)CCOCC2)C1. The molecule has 0 aromatic heterocycles. The van der Waals surface area contributed by atoms with E-state index in [2.05, 4.69) is 5.32 Å². The van der Waals surface area contributed by atoms with E-state index < -0.39 is 11.4 Å². The van der Waals surface area contributed by atoms with E-state index in [4.69, 9.17) is 9.47 Å². The molecule has 0 aromatic carbocycles. The van der Waals surface area contributed by atoms with Crippen molar-refractivity contribution in [3.63, 3.8) is 0 Å². The lowest BCUT2D eigenvalue weighted by Crippen LogP contribution is -2.49. The number of urea groups is 1. The van der Waals surface area contributed by atoms with Gasteiger partial charge in [-0.05, 0) is 19.3 Å². The van der Waals surface area contributed by atoms with E-state index in [1.807, 2.05) is 0 Å². The Bertz CT molecular complexity index is 382. The fourth-order valence-electron chi connectivity index (χ4n) is 2.97. The van der Waals surface area contributed by atoms with Crippen molar-refractivity contribution < 1.29 is 24.2 Å². The first kappa shape index (κ1) is 16.0. The van der Waals surface area contributed by atoms with E-state index in [1.54, 1.807) is 12.0 Å². The van der Waals surface area contributed by atoms with E-state index >= 15 is 0 Å². The lowest BCUT2D eigenvalue weighted by Gasteiger charge is -2.33. The quantitative estimate of drug-likeness (QED) is 0.774. The predicted octanol–water partition coefficient (Wildman–Crippen LogP) is 0.546. The molecule has 1 atom stereocenters. The topological polar surface area (TPSA) is 88.1 Å². The van der Waals surface area contributed by atoms with Crippen molar-refractivity contribution in [1.82, 2.24) is 10.2 Å². The Morgan fingerprint density at radius 1 is 1.43 bits per heavy atom. The van der Waals surface area contributed by atoms with Gasteiger partial charge in [-0.2, -0.15) is 0 Å². The van der Waals surface area contributed by atoms with Gasteiger partial charge in [0, 0.05) is 45.9 Å². The number of carboxylic acid groups (broad SMARTS) is 1. The number of amides is 2. The fraction of sp³-hybridized carbons (Fsp3) is 0.857. The number of ether oxygens (including phenoxy) is 2. The van der Waals surface area contributed by atoms with Crippen molar-refractivity contribution in [3.05, 3.63) is 0 Å². The highest BCUT2D eigenvalue weighted by Crippen LogP contribution is 2.30. The zero-order valence-electron chi connectivity index (χ0n) is 12.5. The van der Waals surface area contributed by atoms with Crippen LogP contribution in [0, 0.1) is 11.3 Å². The van der Waals surface area contributed by atoms with Crippen molar-refractivity contribution in [2.45, 2.75) is 19.3 Å². The second-order valence-electron chi connectivity index (χ2n) is 5.91. The molecule has 2 amide bonds. The summed E-state index contributed by atoms with van der Waals surface area (Å²) in [7, 11) is 1.66. The van der Waals surface area contributed by atoms with Crippen molar-refractivity contribution >= 4 is 12.0 Å². The standard InChI is InChI=1S/C14H24N2O5/c1-20-9-11-2-5-16(8-11)13(19)15-10-14(12(17)18)3-6-21-7-4-14/h11H,2-10H2,1H3,(H,15,19)(H,17,18). The van der Waals surface area contributed by atoms with Gasteiger partial charge in [-0.1, -0.05) is 0 Å². The van der Waals surface area contributed by atoms with Gasteiger partial charge in [0.15, 0.2) is 0 Å². The van der Waals surface area contributed by atoms with Crippen LogP contribution >= 0.6 is 0 Å². The number of carbonyl (C=O) groups excluding carboxylic acids is 1. The van der Waals surface area contributed by atoms with Crippen LogP contribution in [0.2, 0.25) is 0 Å². The summed E-state index contributed by atoms with van der Waals surface area (Å²) >= 11 is 0. The van der Waals surface area contributed by atoms with E-state index in [9.17, 15) is 14.7 Å². The zero-order valence-corrected chi connectivity index (χ0v) is 12.5. The Kier molecular flexibility index (Phi) is 5.41. The molecule has 2 fully saturated rings. The first-order valence-corrected chi connectivity index (χ1v) is 7.40. The summed E-state index contributed by atoms with van der Waals surface area (Å²) in [6.45, 7) is 3.05. The first-order valence-electron chi connectivity index (χ1n) is 7.40. The van der Waals surface area contributed by atoms with Crippen molar-refractivity contribution in [1.29, 1.82) is 0 Å². The summed E-state index contributed by atoms with van der Waals surface area (Å²) in [4.78, 5) is 25.4. The van der Waals surface area contributed by atoms with Crippen molar-refractivity contribution in [3.8, 4) is 0 Å². The Balaban J connectivity index is 1.84. The van der Waals surface area contributed by atoms with Crippen LogP contribution in [0.3, 0.4) is 0 Å². The number of rotatable bonds is 5. The molecule has 2 rings (SSSR count). The summed E-state index contributed by atoms with van der Waals surface area (Å²) < 4.78 is 10.3. The number of nitrogens with one attached hydrogen (secondary N) is 1. The van der Waals surface area contributed by atoms with Gasteiger partial charge in [-0.3, -0.25) is 4.79 Å². The van der Waals surface area contributed by atoms with Crippen molar-refractivity contribution in [2.75, 3.05) is 46.6 Å². The average Bonchev–Trinajstić information content (AvgIpc) is 2.95. The molecule has 2 aliphatic heterocycles. The maximum absolute atomic E-state index is 12.2. The molecule has 7 heteroatoms. The molecule has 2 saturated heterocycles. The Morgan fingerprint density at radius 2 is 2.14 bits per heavy atom. The van der Waals surface area contributed by atoms with Gasteiger partial charge < -0.3 is 24.8 Å². The van der Waals surface area contributed by atoms with Gasteiger partial charge in [-0.15, -0.1) is 0 Å². The third-order valence-electron chi connectivity index (χ3n) is 4.46. The Labute approximate surface area is 124 Å². The summed E-state index contributed by atoms with van der Waals surface area (Å²) in [5.41, 5.74) is -0.889. The molecule has 120 valence electrons. The molecule has 2 N–H and O–H groups in total. The van der Waals surface area contributed by atoms with Crippen molar-refractivity contribution in [2.24, 2.45) is 11.3 Å². The molecule has 0 aromatic rings. The number of hydrogen-bond acceptors (Lipinski definition) is 4. The van der Waals surface area contributed by atoms with Crippen LogP contribution in [-0.2, 0) is 14.3 Å². The number of aliphatic carboxylic acids is 1. The molecular formula is C14H24N2O5.